The Morgan fingerprint density at radius 2 is 1.77 bits per heavy atom. The summed E-state index contributed by atoms with van der Waals surface area (Å²) in [4.78, 5) is 28.9. The Balaban J connectivity index is 1.58. The Bertz CT molecular complexity index is 1150. The van der Waals surface area contributed by atoms with Crippen molar-refractivity contribution in [2.75, 3.05) is 18.1 Å². The van der Waals surface area contributed by atoms with Gasteiger partial charge in [0, 0.05) is 19.4 Å². The largest absolute Gasteiger partial charge is 0.481 e. The summed E-state index contributed by atoms with van der Waals surface area (Å²) in [7, 11) is 0. The Morgan fingerprint density at radius 1 is 1.16 bits per heavy atom. The van der Waals surface area contributed by atoms with E-state index in [1.807, 2.05) is 54.6 Å². The molecule has 3 aromatic rings. The molecular formula is C23H19N3O5. The van der Waals surface area contributed by atoms with Crippen LogP contribution in [0.5, 0.6) is 0 Å². The van der Waals surface area contributed by atoms with Crippen LogP contribution in [0.15, 0.2) is 52.9 Å². The third kappa shape index (κ3) is 3.85. The number of anilines is 1. The minimum absolute atomic E-state index is 0.0610. The van der Waals surface area contributed by atoms with Crippen molar-refractivity contribution >= 4 is 17.9 Å². The summed E-state index contributed by atoms with van der Waals surface area (Å²) < 4.78 is 11.0. The zero-order valence-electron chi connectivity index (χ0n) is 16.7. The lowest BCUT2D eigenvalue weighted by Crippen LogP contribution is -2.34. The van der Waals surface area contributed by atoms with Crippen molar-refractivity contribution in [2.45, 2.75) is 19.3 Å². The number of amides is 1. The number of aryl methyl sites for hydroxylation is 1. The van der Waals surface area contributed by atoms with Gasteiger partial charge in [-0.25, -0.2) is 14.7 Å². The first-order valence-electron chi connectivity index (χ1n) is 9.71. The number of carbonyl (C=O) groups excluding carboxylic acids is 1. The predicted molar refractivity (Wildman–Crippen MR) is 111 cm³/mol. The molecule has 1 amide bonds. The van der Waals surface area contributed by atoms with E-state index < -0.39 is 12.1 Å². The fourth-order valence-electron chi connectivity index (χ4n) is 3.83. The third-order valence-electron chi connectivity index (χ3n) is 5.17. The zero-order chi connectivity index (χ0) is 22.0. The number of hydrogen-bond acceptors (Lipinski definition) is 6. The molecule has 31 heavy (non-hydrogen) atoms. The molecule has 0 saturated carbocycles. The minimum atomic E-state index is -1.09. The van der Waals surface area contributed by atoms with Crippen molar-refractivity contribution < 1.29 is 23.8 Å². The van der Waals surface area contributed by atoms with E-state index in [1.165, 1.54) is 6.92 Å². The highest BCUT2D eigenvalue weighted by Crippen LogP contribution is 2.44. The maximum Gasteiger partial charge on any atom is 0.416 e. The van der Waals surface area contributed by atoms with E-state index in [0.717, 1.165) is 27.2 Å². The van der Waals surface area contributed by atoms with Crippen molar-refractivity contribution in [1.29, 1.82) is 5.26 Å². The molecule has 8 nitrogen and oxygen atoms in total. The van der Waals surface area contributed by atoms with Gasteiger partial charge in [0.25, 0.3) is 0 Å². The average Bonchev–Trinajstić information content (AvgIpc) is 3.30. The molecule has 1 N–H and O–H groups in total. The monoisotopic (exact) mass is 417 g/mol. The van der Waals surface area contributed by atoms with Gasteiger partial charge in [0.2, 0.25) is 11.6 Å². The van der Waals surface area contributed by atoms with Gasteiger partial charge in [-0.05, 0) is 22.3 Å². The topological polar surface area (TPSA) is 117 Å². The molecule has 1 aliphatic rings. The van der Waals surface area contributed by atoms with Crippen LogP contribution in [0.1, 0.15) is 35.1 Å². The molecule has 4 rings (SSSR count). The van der Waals surface area contributed by atoms with Gasteiger partial charge >= 0.3 is 12.1 Å². The summed E-state index contributed by atoms with van der Waals surface area (Å²) >= 11 is 0. The van der Waals surface area contributed by atoms with E-state index in [-0.39, 0.29) is 43.0 Å². The van der Waals surface area contributed by atoms with Crippen LogP contribution in [0.25, 0.3) is 11.1 Å². The number of aliphatic carboxylic acids is 1. The lowest BCUT2D eigenvalue weighted by atomic mass is 9.98. The van der Waals surface area contributed by atoms with E-state index in [0.29, 0.717) is 0 Å². The van der Waals surface area contributed by atoms with Gasteiger partial charge in [-0.1, -0.05) is 48.5 Å². The van der Waals surface area contributed by atoms with Crippen LogP contribution in [0.4, 0.5) is 10.7 Å². The number of nitrogens with zero attached hydrogens (tertiary/aromatic N) is 3. The van der Waals surface area contributed by atoms with Gasteiger partial charge in [-0.3, -0.25) is 4.79 Å². The summed E-state index contributed by atoms with van der Waals surface area (Å²) in [6.45, 7) is 1.39. The molecule has 1 heterocycles. The van der Waals surface area contributed by atoms with Crippen molar-refractivity contribution in [3.05, 3.63) is 71.2 Å². The molecule has 8 heteroatoms. The van der Waals surface area contributed by atoms with Crippen LogP contribution in [0.2, 0.25) is 0 Å². The Kier molecular flexibility index (Phi) is 5.41. The fourth-order valence-corrected chi connectivity index (χ4v) is 3.83. The standard InChI is InChI=1S/C23H19N3O5/c1-14-25-20(12-24)22(31-14)26(11-10-21(27)28)23(29)30-13-19-17-8-4-2-6-15(17)16-7-3-5-9-18(16)19/h2-9,19H,10-11,13H2,1H3,(H,27,28). The summed E-state index contributed by atoms with van der Waals surface area (Å²) in [6.07, 6.45) is -1.13. The maximum absolute atomic E-state index is 12.9. The Morgan fingerprint density at radius 3 is 2.35 bits per heavy atom. The lowest BCUT2D eigenvalue weighted by Gasteiger charge is -2.21. The molecule has 0 unspecified atom stereocenters. The number of fused-ring (bicyclic) bond motifs is 3. The molecule has 0 saturated heterocycles. The second kappa shape index (κ2) is 8.32. The number of carbonyl (C=O) groups is 2. The Labute approximate surface area is 178 Å². The first kappa shape index (κ1) is 20.2. The van der Waals surface area contributed by atoms with E-state index in [1.54, 1.807) is 0 Å². The summed E-state index contributed by atoms with van der Waals surface area (Å²) in [5.41, 5.74) is 4.21. The van der Waals surface area contributed by atoms with Crippen LogP contribution >= 0.6 is 0 Å². The predicted octanol–water partition coefficient (Wildman–Crippen LogP) is 4.08. The number of aromatic nitrogens is 1. The van der Waals surface area contributed by atoms with Crippen LogP contribution in [0, 0.1) is 18.3 Å². The minimum Gasteiger partial charge on any atom is -0.481 e. The summed E-state index contributed by atoms with van der Waals surface area (Å²) in [6, 6.07) is 17.7. The second-order valence-electron chi connectivity index (χ2n) is 7.10. The number of carboxylic acid groups (broad SMARTS) is 1. The van der Waals surface area contributed by atoms with Crippen LogP contribution in [0.3, 0.4) is 0 Å². The summed E-state index contributed by atoms with van der Waals surface area (Å²) in [5, 5.41) is 18.3. The molecule has 0 bridgehead atoms. The quantitative estimate of drug-likeness (QED) is 0.642. The number of carboxylic acids is 1. The molecule has 1 aliphatic carbocycles. The SMILES string of the molecule is Cc1nc(C#N)c(N(CCC(=O)O)C(=O)OCC2c3ccccc3-c3ccccc32)o1. The van der Waals surface area contributed by atoms with E-state index in [9.17, 15) is 14.9 Å². The summed E-state index contributed by atoms with van der Waals surface area (Å²) in [5.74, 6) is -1.16. The number of hydrogen-bond donors (Lipinski definition) is 1. The molecule has 0 fully saturated rings. The molecular weight excluding hydrogens is 398 g/mol. The van der Waals surface area contributed by atoms with Crippen molar-refractivity contribution in [3.63, 3.8) is 0 Å². The van der Waals surface area contributed by atoms with Crippen LogP contribution < -0.4 is 4.90 Å². The van der Waals surface area contributed by atoms with Gasteiger partial charge in [0.05, 0.1) is 6.42 Å². The molecule has 0 spiro atoms. The highest BCUT2D eigenvalue weighted by Gasteiger charge is 2.31. The number of ether oxygens (including phenoxy) is 1. The van der Waals surface area contributed by atoms with E-state index in [2.05, 4.69) is 4.98 Å². The Hall–Kier alpha value is -4.12. The highest BCUT2D eigenvalue weighted by atomic mass is 16.6. The third-order valence-corrected chi connectivity index (χ3v) is 5.17. The second-order valence-corrected chi connectivity index (χ2v) is 7.10. The van der Waals surface area contributed by atoms with Gasteiger partial charge in [0.1, 0.15) is 12.7 Å². The van der Waals surface area contributed by atoms with Gasteiger partial charge in [0.15, 0.2) is 5.89 Å². The van der Waals surface area contributed by atoms with Gasteiger partial charge in [-0.15, -0.1) is 0 Å². The van der Waals surface area contributed by atoms with E-state index >= 15 is 0 Å². The fraction of sp³-hybridized carbons (Fsp3) is 0.217. The molecule has 0 radical (unpaired) electrons. The van der Waals surface area contributed by atoms with Crippen molar-refractivity contribution in [2.24, 2.45) is 0 Å². The number of oxazole rings is 1. The van der Waals surface area contributed by atoms with E-state index in [4.69, 9.17) is 14.3 Å². The zero-order valence-corrected chi connectivity index (χ0v) is 16.7. The smallest absolute Gasteiger partial charge is 0.416 e. The lowest BCUT2D eigenvalue weighted by molar-refractivity contribution is -0.136. The van der Waals surface area contributed by atoms with Gasteiger partial charge in [-0.2, -0.15) is 5.26 Å². The maximum atomic E-state index is 12.9. The molecule has 0 atom stereocenters. The number of benzene rings is 2. The van der Waals surface area contributed by atoms with Crippen molar-refractivity contribution in [1.82, 2.24) is 4.98 Å². The number of nitriles is 1. The normalized spacial score (nSPS) is 12.0. The van der Waals surface area contributed by atoms with Crippen molar-refractivity contribution in [3.8, 4) is 17.2 Å². The first-order chi connectivity index (χ1) is 15.0. The van der Waals surface area contributed by atoms with Crippen LogP contribution in [-0.2, 0) is 9.53 Å². The molecule has 1 aromatic heterocycles. The highest BCUT2D eigenvalue weighted by molar-refractivity contribution is 5.88. The molecule has 2 aromatic carbocycles. The van der Waals surface area contributed by atoms with Gasteiger partial charge < -0.3 is 14.3 Å². The van der Waals surface area contributed by atoms with Crippen LogP contribution in [-0.4, -0.2) is 35.3 Å². The molecule has 156 valence electrons. The first-order valence-corrected chi connectivity index (χ1v) is 9.71. The average molecular weight is 417 g/mol. The number of rotatable bonds is 6. The molecule has 0 aliphatic heterocycles.